The predicted octanol–water partition coefficient (Wildman–Crippen LogP) is 2.81. The molecular weight excluding hydrogens is 332 g/mol. The van der Waals surface area contributed by atoms with Crippen molar-refractivity contribution in [3.05, 3.63) is 52.8 Å². The number of aromatic nitrogens is 1. The molecule has 0 aliphatic rings. The summed E-state index contributed by atoms with van der Waals surface area (Å²) in [5.74, 6) is -1.28. The number of carboxylic acids is 1. The van der Waals surface area contributed by atoms with Crippen LogP contribution in [0.15, 0.2) is 30.3 Å². The molecule has 2 N–H and O–H groups in total. The van der Waals surface area contributed by atoms with Crippen molar-refractivity contribution in [3.8, 4) is 5.75 Å². The van der Waals surface area contributed by atoms with Gasteiger partial charge in [0.25, 0.3) is 5.91 Å². The minimum Gasteiger partial charge on any atom is -0.496 e. The Balaban J connectivity index is 2.09. The van der Waals surface area contributed by atoms with Gasteiger partial charge in [-0.25, -0.2) is 0 Å². The van der Waals surface area contributed by atoms with Gasteiger partial charge < -0.3 is 19.7 Å². The summed E-state index contributed by atoms with van der Waals surface area (Å²) in [7, 11) is 1.56. The van der Waals surface area contributed by atoms with Gasteiger partial charge in [0.1, 0.15) is 5.75 Å². The SMILES string of the molecule is CCn1c(C)cc(C(=O)NCC(Cc2ccccc2OC)C(=O)O)c1C. The molecule has 0 bridgehead atoms. The summed E-state index contributed by atoms with van der Waals surface area (Å²) in [6.07, 6.45) is 0.285. The number of aryl methyl sites for hydroxylation is 1. The molecule has 0 fully saturated rings. The minimum absolute atomic E-state index is 0.0575. The molecule has 26 heavy (non-hydrogen) atoms. The molecule has 1 heterocycles. The monoisotopic (exact) mass is 358 g/mol. The number of carbonyl (C=O) groups excluding carboxylic acids is 1. The highest BCUT2D eigenvalue weighted by molar-refractivity contribution is 5.95. The van der Waals surface area contributed by atoms with Gasteiger partial charge >= 0.3 is 5.97 Å². The Bertz CT molecular complexity index is 795. The number of para-hydroxylation sites is 1. The van der Waals surface area contributed by atoms with Crippen molar-refractivity contribution >= 4 is 11.9 Å². The molecular formula is C20H26N2O4. The molecule has 1 amide bonds. The Hall–Kier alpha value is -2.76. The van der Waals surface area contributed by atoms with Gasteiger partial charge in [0.05, 0.1) is 18.6 Å². The standard InChI is InChI=1S/C20H26N2O4/c1-5-22-13(2)10-17(14(22)3)19(23)21-12-16(20(24)25)11-15-8-6-7-9-18(15)26-4/h6-10,16H,5,11-12H2,1-4H3,(H,21,23)(H,24,25). The first-order valence-electron chi connectivity index (χ1n) is 8.68. The summed E-state index contributed by atoms with van der Waals surface area (Å²) in [5.41, 5.74) is 3.30. The maximum Gasteiger partial charge on any atom is 0.308 e. The first kappa shape index (κ1) is 19.6. The Morgan fingerprint density at radius 3 is 2.54 bits per heavy atom. The zero-order chi connectivity index (χ0) is 19.3. The van der Waals surface area contributed by atoms with Crippen molar-refractivity contribution in [2.45, 2.75) is 33.7 Å². The van der Waals surface area contributed by atoms with Crippen molar-refractivity contribution in [3.63, 3.8) is 0 Å². The highest BCUT2D eigenvalue weighted by Crippen LogP contribution is 2.21. The lowest BCUT2D eigenvalue weighted by atomic mass is 9.98. The minimum atomic E-state index is -0.949. The van der Waals surface area contributed by atoms with E-state index in [0.717, 1.165) is 23.5 Å². The van der Waals surface area contributed by atoms with Crippen molar-refractivity contribution in [1.82, 2.24) is 9.88 Å². The van der Waals surface area contributed by atoms with Crippen LogP contribution in [-0.2, 0) is 17.8 Å². The fraction of sp³-hybridized carbons (Fsp3) is 0.400. The third-order valence-corrected chi connectivity index (χ3v) is 4.65. The van der Waals surface area contributed by atoms with E-state index in [1.54, 1.807) is 13.2 Å². The van der Waals surface area contributed by atoms with Crippen LogP contribution in [0, 0.1) is 19.8 Å². The lowest BCUT2D eigenvalue weighted by Crippen LogP contribution is -2.34. The van der Waals surface area contributed by atoms with E-state index >= 15 is 0 Å². The molecule has 6 heteroatoms. The summed E-state index contributed by atoms with van der Waals surface area (Å²) in [5, 5.41) is 12.3. The maximum absolute atomic E-state index is 12.5. The van der Waals surface area contributed by atoms with Gasteiger partial charge in [-0.3, -0.25) is 9.59 Å². The number of amides is 1. The molecule has 1 aromatic carbocycles. The number of nitrogens with one attached hydrogen (secondary N) is 1. The van der Waals surface area contributed by atoms with Crippen LogP contribution in [0.1, 0.15) is 34.2 Å². The molecule has 140 valence electrons. The molecule has 2 rings (SSSR count). The number of methoxy groups -OCH3 is 1. The number of nitrogens with zero attached hydrogens (tertiary/aromatic N) is 1. The normalized spacial score (nSPS) is 11.8. The number of carbonyl (C=O) groups is 2. The lowest BCUT2D eigenvalue weighted by Gasteiger charge is -2.15. The van der Waals surface area contributed by atoms with Crippen LogP contribution in [0.25, 0.3) is 0 Å². The average molecular weight is 358 g/mol. The summed E-state index contributed by atoms with van der Waals surface area (Å²) in [6.45, 7) is 6.72. The van der Waals surface area contributed by atoms with Gasteiger partial charge in [0, 0.05) is 24.5 Å². The predicted molar refractivity (Wildman–Crippen MR) is 99.7 cm³/mol. The molecule has 0 aliphatic heterocycles. The second-order valence-electron chi connectivity index (χ2n) is 6.29. The van der Waals surface area contributed by atoms with Crippen LogP contribution >= 0.6 is 0 Å². The first-order valence-corrected chi connectivity index (χ1v) is 8.68. The van der Waals surface area contributed by atoms with Crippen LogP contribution in [0.3, 0.4) is 0 Å². The average Bonchev–Trinajstić information content (AvgIpc) is 2.92. The number of carboxylic acid groups (broad SMARTS) is 1. The summed E-state index contributed by atoms with van der Waals surface area (Å²) in [6, 6.07) is 9.15. The molecule has 1 atom stereocenters. The molecule has 2 aromatic rings. The van der Waals surface area contributed by atoms with E-state index in [1.165, 1.54) is 0 Å². The number of hydrogen-bond acceptors (Lipinski definition) is 3. The highest BCUT2D eigenvalue weighted by atomic mass is 16.5. The van der Waals surface area contributed by atoms with Crippen LogP contribution in [0.4, 0.5) is 0 Å². The summed E-state index contributed by atoms with van der Waals surface area (Å²) < 4.78 is 7.34. The van der Waals surface area contributed by atoms with E-state index in [0.29, 0.717) is 11.3 Å². The van der Waals surface area contributed by atoms with Gasteiger partial charge in [0.2, 0.25) is 0 Å². The van der Waals surface area contributed by atoms with Gasteiger partial charge in [-0.15, -0.1) is 0 Å². The van der Waals surface area contributed by atoms with Crippen molar-refractivity contribution < 1.29 is 19.4 Å². The van der Waals surface area contributed by atoms with Crippen molar-refractivity contribution in [1.29, 1.82) is 0 Å². The van der Waals surface area contributed by atoms with E-state index in [9.17, 15) is 14.7 Å². The second-order valence-corrected chi connectivity index (χ2v) is 6.29. The Morgan fingerprint density at radius 1 is 1.27 bits per heavy atom. The Kier molecular flexibility index (Phi) is 6.44. The third-order valence-electron chi connectivity index (χ3n) is 4.65. The molecule has 1 unspecified atom stereocenters. The molecule has 0 saturated heterocycles. The Labute approximate surface area is 153 Å². The molecule has 0 radical (unpaired) electrons. The number of benzene rings is 1. The van der Waals surface area contributed by atoms with Crippen LogP contribution < -0.4 is 10.1 Å². The van der Waals surface area contributed by atoms with Gasteiger partial charge in [0.15, 0.2) is 0 Å². The number of ether oxygens (including phenoxy) is 1. The summed E-state index contributed by atoms with van der Waals surface area (Å²) >= 11 is 0. The Morgan fingerprint density at radius 2 is 1.96 bits per heavy atom. The first-order chi connectivity index (χ1) is 12.4. The second kappa shape index (κ2) is 8.56. The molecule has 0 aliphatic carbocycles. The zero-order valence-electron chi connectivity index (χ0n) is 15.7. The van der Waals surface area contributed by atoms with Gasteiger partial charge in [-0.2, -0.15) is 0 Å². The zero-order valence-corrected chi connectivity index (χ0v) is 15.7. The molecule has 0 spiro atoms. The van der Waals surface area contributed by atoms with E-state index in [2.05, 4.69) is 9.88 Å². The maximum atomic E-state index is 12.5. The van der Waals surface area contributed by atoms with Crippen molar-refractivity contribution in [2.75, 3.05) is 13.7 Å². The molecule has 6 nitrogen and oxygen atoms in total. The van der Waals surface area contributed by atoms with Crippen molar-refractivity contribution in [2.24, 2.45) is 5.92 Å². The molecule has 0 saturated carbocycles. The van der Waals surface area contributed by atoms with E-state index < -0.39 is 11.9 Å². The van der Waals surface area contributed by atoms with Crippen LogP contribution in [0.5, 0.6) is 5.75 Å². The van der Waals surface area contributed by atoms with Crippen LogP contribution in [0.2, 0.25) is 0 Å². The van der Waals surface area contributed by atoms with Gasteiger partial charge in [-0.1, -0.05) is 18.2 Å². The highest BCUT2D eigenvalue weighted by Gasteiger charge is 2.22. The van der Waals surface area contributed by atoms with Crippen LogP contribution in [-0.4, -0.2) is 35.2 Å². The number of hydrogen-bond donors (Lipinski definition) is 2. The third kappa shape index (κ3) is 4.25. The number of rotatable bonds is 8. The topological polar surface area (TPSA) is 80.6 Å². The summed E-state index contributed by atoms with van der Waals surface area (Å²) in [4.78, 5) is 24.1. The quantitative estimate of drug-likeness (QED) is 0.760. The lowest BCUT2D eigenvalue weighted by molar-refractivity contribution is -0.141. The number of aliphatic carboxylic acids is 1. The van der Waals surface area contributed by atoms with E-state index in [1.807, 2.05) is 45.0 Å². The largest absolute Gasteiger partial charge is 0.496 e. The van der Waals surface area contributed by atoms with Gasteiger partial charge in [-0.05, 0) is 44.9 Å². The smallest absolute Gasteiger partial charge is 0.308 e. The fourth-order valence-corrected chi connectivity index (χ4v) is 3.21. The van der Waals surface area contributed by atoms with E-state index in [-0.39, 0.29) is 18.9 Å². The molecule has 1 aromatic heterocycles. The fourth-order valence-electron chi connectivity index (χ4n) is 3.21. The van der Waals surface area contributed by atoms with E-state index in [4.69, 9.17) is 4.74 Å².